The summed E-state index contributed by atoms with van der Waals surface area (Å²) in [5, 5.41) is 11.2. The molecular weight excluding hydrogens is 425 g/mol. The molecule has 1 aliphatic carbocycles. The molecule has 174 valence electrons. The summed E-state index contributed by atoms with van der Waals surface area (Å²) in [5.74, 6) is -1.30. The van der Waals surface area contributed by atoms with E-state index in [0.717, 1.165) is 25.7 Å². The first-order valence-corrected chi connectivity index (χ1v) is 11.2. The van der Waals surface area contributed by atoms with Crippen molar-refractivity contribution in [3.8, 4) is 0 Å². The molecule has 0 spiro atoms. The van der Waals surface area contributed by atoms with Gasteiger partial charge in [-0.3, -0.25) is 9.59 Å². The highest BCUT2D eigenvalue weighted by Crippen LogP contribution is 2.26. The van der Waals surface area contributed by atoms with Gasteiger partial charge in [0.05, 0.1) is 12.1 Å². The number of ether oxygens (including phenoxy) is 1. The van der Waals surface area contributed by atoms with Crippen molar-refractivity contribution in [2.45, 2.75) is 44.3 Å². The Kier molecular flexibility index (Phi) is 7.29. The molecule has 1 N–H and O–H groups in total. The van der Waals surface area contributed by atoms with Crippen LogP contribution in [0.2, 0.25) is 0 Å². The van der Waals surface area contributed by atoms with Gasteiger partial charge in [-0.25, -0.2) is 9.07 Å². The van der Waals surface area contributed by atoms with Gasteiger partial charge in [-0.05, 0) is 31.0 Å². The fourth-order valence-corrected chi connectivity index (χ4v) is 4.34. The van der Waals surface area contributed by atoms with Crippen LogP contribution < -0.4 is 5.32 Å². The monoisotopic (exact) mass is 453 g/mol. The van der Waals surface area contributed by atoms with Crippen molar-refractivity contribution in [3.63, 3.8) is 0 Å². The Bertz CT molecular complexity index is 1110. The second kappa shape index (κ2) is 10.5. The Morgan fingerprint density at radius 3 is 2.67 bits per heavy atom. The molecule has 33 heavy (non-hydrogen) atoms. The summed E-state index contributed by atoms with van der Waals surface area (Å²) in [6.45, 7) is 0.191. The van der Waals surface area contributed by atoms with E-state index in [1.807, 2.05) is 24.3 Å². The van der Waals surface area contributed by atoms with E-state index in [0.29, 0.717) is 11.0 Å². The van der Waals surface area contributed by atoms with Crippen molar-refractivity contribution in [1.29, 1.82) is 0 Å². The lowest BCUT2D eigenvalue weighted by atomic mass is 10.0. The van der Waals surface area contributed by atoms with E-state index in [1.54, 1.807) is 18.2 Å². The van der Waals surface area contributed by atoms with Crippen LogP contribution in [-0.2, 0) is 20.9 Å². The molecule has 0 saturated heterocycles. The highest BCUT2D eigenvalue weighted by atomic mass is 19.1. The van der Waals surface area contributed by atoms with Crippen LogP contribution in [0.3, 0.4) is 0 Å². The lowest BCUT2D eigenvalue weighted by Gasteiger charge is -2.32. The van der Waals surface area contributed by atoms with Gasteiger partial charge in [-0.2, -0.15) is 0 Å². The summed E-state index contributed by atoms with van der Waals surface area (Å²) < 4.78 is 21.6. The van der Waals surface area contributed by atoms with Crippen LogP contribution in [0.1, 0.15) is 37.3 Å². The van der Waals surface area contributed by atoms with E-state index in [2.05, 4.69) is 15.6 Å². The summed E-state index contributed by atoms with van der Waals surface area (Å²) in [4.78, 5) is 28.3. The molecule has 8 nitrogen and oxygen atoms in total. The summed E-state index contributed by atoms with van der Waals surface area (Å²) in [6.07, 6.45) is 3.85. The Hall–Kier alpha value is -3.33. The number of hydrogen-bond donors (Lipinski definition) is 1. The van der Waals surface area contributed by atoms with Gasteiger partial charge in [-0.15, -0.1) is 5.10 Å². The molecule has 1 atom stereocenters. The average Bonchev–Trinajstić information content (AvgIpc) is 3.47. The molecule has 0 bridgehead atoms. The van der Waals surface area contributed by atoms with Gasteiger partial charge in [-0.1, -0.05) is 48.4 Å². The summed E-state index contributed by atoms with van der Waals surface area (Å²) in [5.41, 5.74) is 1.52. The first-order valence-electron chi connectivity index (χ1n) is 11.2. The van der Waals surface area contributed by atoms with Crippen LogP contribution in [0.15, 0.2) is 48.5 Å². The molecule has 4 rings (SSSR count). The molecule has 1 aliphatic rings. The first-order chi connectivity index (χ1) is 16.1. The van der Waals surface area contributed by atoms with Crippen LogP contribution in [0.25, 0.3) is 11.0 Å². The number of amides is 2. The molecule has 0 radical (unpaired) electrons. The van der Waals surface area contributed by atoms with E-state index < -0.39 is 11.9 Å². The number of carbonyl (C=O) groups excluding carboxylic acids is 2. The molecule has 1 unspecified atom stereocenters. The molecule has 2 amide bonds. The van der Waals surface area contributed by atoms with Gasteiger partial charge >= 0.3 is 0 Å². The Morgan fingerprint density at radius 2 is 1.91 bits per heavy atom. The van der Waals surface area contributed by atoms with Crippen LogP contribution in [0.5, 0.6) is 0 Å². The molecule has 1 saturated carbocycles. The number of nitrogens with one attached hydrogen (secondary N) is 1. The third-order valence-electron chi connectivity index (χ3n) is 6.02. The lowest BCUT2D eigenvalue weighted by molar-refractivity contribution is -0.142. The van der Waals surface area contributed by atoms with Crippen LogP contribution in [0.4, 0.5) is 4.39 Å². The Morgan fingerprint density at radius 1 is 1.18 bits per heavy atom. The van der Waals surface area contributed by atoms with E-state index >= 15 is 0 Å². The zero-order valence-corrected chi connectivity index (χ0v) is 18.6. The van der Waals surface area contributed by atoms with Gasteiger partial charge in [0.15, 0.2) is 0 Å². The van der Waals surface area contributed by atoms with Gasteiger partial charge in [0.1, 0.15) is 23.9 Å². The molecule has 1 aromatic heterocycles. The van der Waals surface area contributed by atoms with E-state index in [1.165, 1.54) is 22.8 Å². The third kappa shape index (κ3) is 5.19. The molecule has 9 heteroatoms. The number of halogens is 1. The highest BCUT2D eigenvalue weighted by Gasteiger charge is 2.34. The number of methoxy groups -OCH3 is 1. The second-order valence-electron chi connectivity index (χ2n) is 8.23. The van der Waals surface area contributed by atoms with Gasteiger partial charge in [0.25, 0.3) is 0 Å². The summed E-state index contributed by atoms with van der Waals surface area (Å²) in [7, 11) is 1.52. The van der Waals surface area contributed by atoms with Crippen molar-refractivity contribution in [2.75, 3.05) is 20.3 Å². The number of aromatic nitrogens is 3. The number of para-hydroxylation sites is 1. The fourth-order valence-electron chi connectivity index (χ4n) is 4.34. The average molecular weight is 454 g/mol. The molecular formula is C24H28FN5O3. The quantitative estimate of drug-likeness (QED) is 0.538. The largest absolute Gasteiger partial charge is 0.383 e. The number of rotatable bonds is 9. The van der Waals surface area contributed by atoms with Crippen molar-refractivity contribution >= 4 is 22.8 Å². The number of benzene rings is 2. The predicted octanol–water partition coefficient (Wildman–Crippen LogP) is 2.85. The number of nitrogens with zero attached hydrogens (tertiary/aromatic N) is 4. The minimum absolute atomic E-state index is 0.0328. The molecule has 3 aromatic rings. The van der Waals surface area contributed by atoms with Crippen molar-refractivity contribution in [3.05, 3.63) is 59.9 Å². The normalized spacial score (nSPS) is 15.0. The Labute approximate surface area is 191 Å². The maximum Gasteiger partial charge on any atom is 0.247 e. The van der Waals surface area contributed by atoms with Crippen LogP contribution >= 0.6 is 0 Å². The van der Waals surface area contributed by atoms with E-state index in [-0.39, 0.29) is 43.1 Å². The topological polar surface area (TPSA) is 89.3 Å². The number of fused-ring (bicyclic) bond motifs is 1. The SMILES string of the molecule is COCCN(C(=O)Cn1nnc2ccccc21)C(C(=O)NC1CCCC1)c1ccccc1F. The standard InChI is InChI=1S/C24H28FN5O3/c1-33-15-14-29(22(31)16-30-21-13-7-6-12-20(21)27-28-30)23(18-10-4-5-11-19(18)25)24(32)26-17-8-2-3-9-17/h4-7,10-13,17,23H,2-3,8-9,14-16H2,1H3,(H,26,32). The minimum Gasteiger partial charge on any atom is -0.383 e. The maximum atomic E-state index is 14.9. The molecule has 1 fully saturated rings. The van der Waals surface area contributed by atoms with Crippen LogP contribution in [0, 0.1) is 5.82 Å². The van der Waals surface area contributed by atoms with Gasteiger partial charge in [0.2, 0.25) is 11.8 Å². The number of carbonyl (C=O) groups is 2. The number of hydrogen-bond acceptors (Lipinski definition) is 5. The highest BCUT2D eigenvalue weighted by molar-refractivity contribution is 5.89. The van der Waals surface area contributed by atoms with E-state index in [4.69, 9.17) is 4.74 Å². The smallest absolute Gasteiger partial charge is 0.247 e. The van der Waals surface area contributed by atoms with E-state index in [9.17, 15) is 14.0 Å². The van der Waals surface area contributed by atoms with Gasteiger partial charge < -0.3 is 15.0 Å². The summed E-state index contributed by atoms with van der Waals surface area (Å²) in [6, 6.07) is 12.3. The fraction of sp³-hybridized carbons (Fsp3) is 0.417. The molecule has 0 aliphatic heterocycles. The van der Waals surface area contributed by atoms with Crippen molar-refractivity contribution in [1.82, 2.24) is 25.2 Å². The first kappa shape index (κ1) is 22.8. The van der Waals surface area contributed by atoms with Crippen molar-refractivity contribution < 1.29 is 18.7 Å². The zero-order chi connectivity index (χ0) is 23.2. The Balaban J connectivity index is 1.66. The van der Waals surface area contributed by atoms with Crippen LogP contribution in [-0.4, -0.2) is 58.0 Å². The zero-order valence-electron chi connectivity index (χ0n) is 18.6. The minimum atomic E-state index is -1.12. The van der Waals surface area contributed by atoms with Gasteiger partial charge in [0, 0.05) is 25.3 Å². The second-order valence-corrected chi connectivity index (χ2v) is 8.23. The molecule has 2 aromatic carbocycles. The molecule has 1 heterocycles. The maximum absolute atomic E-state index is 14.9. The van der Waals surface area contributed by atoms with Crippen molar-refractivity contribution in [2.24, 2.45) is 0 Å². The predicted molar refractivity (Wildman–Crippen MR) is 121 cm³/mol. The summed E-state index contributed by atoms with van der Waals surface area (Å²) >= 11 is 0. The third-order valence-corrected chi connectivity index (χ3v) is 6.02. The lowest BCUT2D eigenvalue weighted by Crippen LogP contribution is -2.48.